The molecule has 0 saturated carbocycles. The van der Waals surface area contributed by atoms with Crippen molar-refractivity contribution < 1.29 is 0 Å². The lowest BCUT2D eigenvalue weighted by molar-refractivity contribution is 0.120. The summed E-state index contributed by atoms with van der Waals surface area (Å²) in [5.74, 6) is 0. The van der Waals surface area contributed by atoms with E-state index in [0.29, 0.717) is 6.54 Å². The molecule has 0 spiro atoms. The van der Waals surface area contributed by atoms with Gasteiger partial charge in [-0.15, -0.1) is 0 Å². The first-order valence-electron chi connectivity index (χ1n) is 10.9. The topological polar surface area (TPSA) is 59.2 Å². The molecule has 0 N–H and O–H groups in total. The van der Waals surface area contributed by atoms with Gasteiger partial charge in [-0.25, -0.2) is 4.68 Å². The van der Waals surface area contributed by atoms with Crippen molar-refractivity contribution in [1.29, 1.82) is 0 Å². The molecule has 2 aromatic rings. The summed E-state index contributed by atoms with van der Waals surface area (Å²) >= 11 is 0. The minimum atomic E-state index is -0.0486. The summed E-state index contributed by atoms with van der Waals surface area (Å²) in [7, 11) is 2.08. The van der Waals surface area contributed by atoms with Crippen LogP contribution in [0, 0.1) is 0 Å². The molecule has 1 saturated heterocycles. The molecule has 0 aromatic carbocycles. The van der Waals surface area contributed by atoms with Gasteiger partial charge >= 0.3 is 0 Å². The highest BCUT2D eigenvalue weighted by molar-refractivity contribution is 5.30. The van der Waals surface area contributed by atoms with Gasteiger partial charge in [-0.2, -0.15) is 10.2 Å². The molecule has 4 rings (SSSR count). The first-order chi connectivity index (χ1) is 13.8. The summed E-state index contributed by atoms with van der Waals surface area (Å²) in [5, 5.41) is 9.30. The third-order valence-electron chi connectivity index (χ3n) is 6.30. The zero-order valence-corrected chi connectivity index (χ0v) is 18.3. The Morgan fingerprint density at radius 1 is 0.966 bits per heavy atom. The second-order valence-electron chi connectivity index (χ2n) is 9.50. The first kappa shape index (κ1) is 20.3. The van der Waals surface area contributed by atoms with Crippen LogP contribution in [0.4, 0.5) is 0 Å². The Labute approximate surface area is 173 Å². The third kappa shape index (κ3) is 4.46. The number of aryl methyl sites for hydroxylation is 2. The summed E-state index contributed by atoms with van der Waals surface area (Å²) < 4.78 is 3.72. The number of hydrogen-bond donors (Lipinski definition) is 0. The van der Waals surface area contributed by atoms with Crippen LogP contribution in [-0.4, -0.2) is 62.1 Å². The van der Waals surface area contributed by atoms with Crippen LogP contribution in [0.5, 0.6) is 0 Å². The minimum absolute atomic E-state index is 0.0123. The average molecular weight is 399 g/mol. The highest BCUT2D eigenvalue weighted by Gasteiger charge is 2.24. The molecule has 2 aromatic heterocycles. The maximum atomic E-state index is 12.2. The molecule has 0 atom stereocenters. The van der Waals surface area contributed by atoms with Gasteiger partial charge in [-0.3, -0.25) is 19.3 Å². The van der Waals surface area contributed by atoms with Crippen molar-refractivity contribution in [2.45, 2.75) is 58.5 Å². The molecule has 0 bridgehead atoms. The van der Waals surface area contributed by atoms with Gasteiger partial charge < -0.3 is 0 Å². The van der Waals surface area contributed by atoms with E-state index in [9.17, 15) is 4.79 Å². The van der Waals surface area contributed by atoms with Gasteiger partial charge in [0.2, 0.25) is 0 Å². The monoisotopic (exact) mass is 398 g/mol. The molecule has 3 heterocycles. The van der Waals surface area contributed by atoms with E-state index in [2.05, 4.69) is 47.4 Å². The van der Waals surface area contributed by atoms with Gasteiger partial charge in [0.1, 0.15) is 0 Å². The van der Waals surface area contributed by atoms with E-state index in [-0.39, 0.29) is 11.0 Å². The summed E-state index contributed by atoms with van der Waals surface area (Å²) in [5.41, 5.74) is 5.12. The molecule has 0 radical (unpaired) electrons. The molecular weight excluding hydrogens is 364 g/mol. The number of rotatable bonds is 5. The summed E-state index contributed by atoms with van der Waals surface area (Å²) in [6, 6.07) is 3.50. The van der Waals surface area contributed by atoms with E-state index in [1.165, 1.54) is 29.8 Å². The smallest absolute Gasteiger partial charge is 0.266 e. The Kier molecular flexibility index (Phi) is 5.62. The fraction of sp³-hybridized carbons (Fsp3) is 0.682. The van der Waals surface area contributed by atoms with E-state index in [0.717, 1.165) is 51.4 Å². The lowest BCUT2D eigenvalue weighted by Gasteiger charge is -2.34. The van der Waals surface area contributed by atoms with Gasteiger partial charge in [0.25, 0.3) is 5.56 Å². The Hall–Kier alpha value is -1.99. The quantitative estimate of drug-likeness (QED) is 0.765. The number of hydrogen-bond acceptors (Lipinski definition) is 5. The van der Waals surface area contributed by atoms with Crippen LogP contribution >= 0.6 is 0 Å². The summed E-state index contributed by atoms with van der Waals surface area (Å²) in [6.45, 7) is 13.1. The van der Waals surface area contributed by atoms with Crippen molar-refractivity contribution in [2.24, 2.45) is 7.05 Å². The zero-order chi connectivity index (χ0) is 20.6. The Bertz CT molecular complexity index is 914. The molecule has 2 aliphatic rings. The normalized spacial score (nSPS) is 18.3. The van der Waals surface area contributed by atoms with Crippen LogP contribution < -0.4 is 5.56 Å². The van der Waals surface area contributed by atoms with Crippen LogP contribution in [0.2, 0.25) is 0 Å². The number of piperazine rings is 1. The molecule has 1 fully saturated rings. The third-order valence-corrected chi connectivity index (χ3v) is 6.30. The van der Waals surface area contributed by atoms with Gasteiger partial charge in [0.15, 0.2) is 0 Å². The molecule has 7 nitrogen and oxygen atoms in total. The summed E-state index contributed by atoms with van der Waals surface area (Å²) in [6.07, 6.45) is 3.58. The van der Waals surface area contributed by atoms with Crippen molar-refractivity contribution in [2.75, 3.05) is 32.7 Å². The van der Waals surface area contributed by atoms with Crippen LogP contribution in [0.1, 0.15) is 49.8 Å². The Morgan fingerprint density at radius 3 is 2.41 bits per heavy atom. The lowest BCUT2D eigenvalue weighted by atomic mass is 9.92. The second-order valence-corrected chi connectivity index (χ2v) is 9.50. The fourth-order valence-electron chi connectivity index (χ4n) is 4.41. The van der Waals surface area contributed by atoms with Gasteiger partial charge in [0.05, 0.1) is 23.6 Å². The highest BCUT2D eigenvalue weighted by atomic mass is 16.1. The zero-order valence-electron chi connectivity index (χ0n) is 18.3. The van der Waals surface area contributed by atoms with Crippen LogP contribution in [-0.2, 0) is 38.4 Å². The number of fused-ring (bicyclic) bond motifs is 1. The number of aromatic nitrogens is 4. The minimum Gasteiger partial charge on any atom is -0.299 e. The maximum Gasteiger partial charge on any atom is 0.266 e. The molecule has 1 aliphatic carbocycles. The molecule has 29 heavy (non-hydrogen) atoms. The van der Waals surface area contributed by atoms with Crippen LogP contribution in [0.15, 0.2) is 16.9 Å². The van der Waals surface area contributed by atoms with Gasteiger partial charge in [-0.1, -0.05) is 20.8 Å². The van der Waals surface area contributed by atoms with E-state index < -0.39 is 0 Å². The summed E-state index contributed by atoms with van der Waals surface area (Å²) in [4.78, 5) is 17.2. The van der Waals surface area contributed by atoms with Gasteiger partial charge in [-0.05, 0) is 30.9 Å². The van der Waals surface area contributed by atoms with Crippen molar-refractivity contribution in [3.05, 3.63) is 45.1 Å². The predicted molar refractivity (Wildman–Crippen MR) is 114 cm³/mol. The van der Waals surface area contributed by atoms with Crippen LogP contribution in [0.3, 0.4) is 0 Å². The van der Waals surface area contributed by atoms with E-state index in [4.69, 9.17) is 5.10 Å². The molecule has 0 amide bonds. The lowest BCUT2D eigenvalue weighted by Crippen LogP contribution is -2.47. The Morgan fingerprint density at radius 2 is 1.69 bits per heavy atom. The average Bonchev–Trinajstić information content (AvgIpc) is 3.23. The van der Waals surface area contributed by atoms with Crippen LogP contribution in [0.25, 0.3) is 0 Å². The van der Waals surface area contributed by atoms with E-state index in [1.807, 2.05) is 6.07 Å². The SMILES string of the molecule is Cn1nc2c(c1CN1CCN(CCn3nc(C(C)(C)C)ccc3=O)CC1)CCC2. The van der Waals surface area contributed by atoms with E-state index in [1.54, 1.807) is 10.7 Å². The van der Waals surface area contributed by atoms with Crippen molar-refractivity contribution >= 4 is 0 Å². The molecule has 1 aliphatic heterocycles. The van der Waals surface area contributed by atoms with Crippen molar-refractivity contribution in [3.63, 3.8) is 0 Å². The Balaban J connectivity index is 1.30. The maximum absolute atomic E-state index is 12.2. The van der Waals surface area contributed by atoms with Crippen molar-refractivity contribution in [3.8, 4) is 0 Å². The largest absolute Gasteiger partial charge is 0.299 e. The highest BCUT2D eigenvalue weighted by Crippen LogP contribution is 2.25. The molecule has 7 heteroatoms. The predicted octanol–water partition coefficient (Wildman–Crippen LogP) is 1.58. The van der Waals surface area contributed by atoms with Crippen molar-refractivity contribution in [1.82, 2.24) is 29.4 Å². The van der Waals surface area contributed by atoms with Gasteiger partial charge in [0, 0.05) is 57.8 Å². The second kappa shape index (κ2) is 8.03. The first-order valence-corrected chi connectivity index (χ1v) is 10.9. The molecule has 0 unspecified atom stereocenters. The fourth-order valence-corrected chi connectivity index (χ4v) is 4.41. The standard InChI is InChI=1S/C22H34N6O/c1-22(2,3)20-8-9-21(29)28(24-20)15-14-26-10-12-27(13-11-26)16-19-17-6-5-7-18(17)23-25(19)4/h8-9H,5-7,10-16H2,1-4H3. The molecular formula is C22H34N6O. The molecule has 158 valence electrons. The number of nitrogens with zero attached hydrogens (tertiary/aromatic N) is 6. The van der Waals surface area contributed by atoms with E-state index >= 15 is 0 Å².